The number of Topliss-reactive ketones (excluding diaryl/α,β-unsaturated/α-hetero) is 1. The van der Waals surface area contributed by atoms with Gasteiger partial charge in [-0.25, -0.2) is 0 Å². The summed E-state index contributed by atoms with van der Waals surface area (Å²) in [5, 5.41) is 1.09. The third-order valence-corrected chi connectivity index (χ3v) is 4.93. The second kappa shape index (κ2) is 8.86. The summed E-state index contributed by atoms with van der Waals surface area (Å²) in [5.74, 6) is 1.35. The molecule has 0 atom stereocenters. The van der Waals surface area contributed by atoms with Crippen molar-refractivity contribution in [1.82, 2.24) is 4.98 Å². The molecule has 5 heteroatoms. The van der Waals surface area contributed by atoms with Gasteiger partial charge in [-0.05, 0) is 55.7 Å². The molecule has 0 fully saturated rings. The molecule has 1 N–H and O–H groups in total. The Morgan fingerprint density at radius 1 is 1.07 bits per heavy atom. The lowest BCUT2D eigenvalue weighted by Gasteiger charge is -2.15. The van der Waals surface area contributed by atoms with E-state index in [4.69, 9.17) is 14.2 Å². The fraction of sp³-hybridized carbons (Fsp3) is 0.292. The predicted octanol–water partition coefficient (Wildman–Crippen LogP) is 5.43. The Kier molecular flexibility index (Phi) is 6.27. The highest BCUT2D eigenvalue weighted by Gasteiger charge is 2.18. The van der Waals surface area contributed by atoms with Crippen LogP contribution >= 0.6 is 0 Å². The van der Waals surface area contributed by atoms with E-state index in [0.717, 1.165) is 22.9 Å². The standard InChI is InChI=1S/C24H27NO4/c1-6-16-8-9-19-18(14-25-20(19)11-16)10-15(3)23(26)17-12-21(27-4)24(29-7-2)22(13-17)28-5/h8-14,25H,6-7H2,1-5H3/b15-10+. The van der Waals surface area contributed by atoms with Crippen LogP contribution in [0.15, 0.2) is 42.1 Å². The maximum atomic E-state index is 13.1. The number of hydrogen-bond acceptors (Lipinski definition) is 4. The Morgan fingerprint density at radius 3 is 2.34 bits per heavy atom. The molecule has 0 radical (unpaired) electrons. The van der Waals surface area contributed by atoms with E-state index in [0.29, 0.717) is 35.0 Å². The number of aryl methyl sites for hydroxylation is 1. The van der Waals surface area contributed by atoms with Crippen molar-refractivity contribution < 1.29 is 19.0 Å². The highest BCUT2D eigenvalue weighted by atomic mass is 16.5. The normalized spacial score (nSPS) is 11.6. The van der Waals surface area contributed by atoms with Crippen molar-refractivity contribution in [2.24, 2.45) is 0 Å². The molecule has 0 aliphatic carbocycles. The van der Waals surface area contributed by atoms with Crippen molar-refractivity contribution in [3.8, 4) is 17.2 Å². The van der Waals surface area contributed by atoms with Gasteiger partial charge < -0.3 is 19.2 Å². The number of fused-ring (bicyclic) bond motifs is 1. The van der Waals surface area contributed by atoms with Gasteiger partial charge in [-0.3, -0.25) is 4.79 Å². The first-order chi connectivity index (χ1) is 14.0. The number of benzene rings is 2. The number of aromatic amines is 1. The number of nitrogens with one attached hydrogen (secondary N) is 1. The molecule has 3 aromatic rings. The van der Waals surface area contributed by atoms with Gasteiger partial charge in [-0.2, -0.15) is 0 Å². The molecule has 1 heterocycles. The van der Waals surface area contributed by atoms with Crippen LogP contribution in [0.1, 0.15) is 42.3 Å². The number of H-pyrrole nitrogens is 1. The molecule has 0 saturated carbocycles. The molecule has 1 aromatic heterocycles. The summed E-state index contributed by atoms with van der Waals surface area (Å²) >= 11 is 0. The first-order valence-electron chi connectivity index (χ1n) is 9.74. The molecule has 0 saturated heterocycles. The van der Waals surface area contributed by atoms with Gasteiger partial charge in [0, 0.05) is 28.2 Å². The number of allylic oxidation sites excluding steroid dienone is 1. The summed E-state index contributed by atoms with van der Waals surface area (Å²) in [4.78, 5) is 16.4. The van der Waals surface area contributed by atoms with Gasteiger partial charge in [-0.15, -0.1) is 0 Å². The molecule has 3 rings (SSSR count). The largest absolute Gasteiger partial charge is 0.493 e. The molecule has 29 heavy (non-hydrogen) atoms. The van der Waals surface area contributed by atoms with E-state index in [1.807, 2.05) is 26.1 Å². The Labute approximate surface area is 171 Å². The third kappa shape index (κ3) is 4.14. The number of carbonyl (C=O) groups is 1. The number of aromatic nitrogens is 1. The van der Waals surface area contributed by atoms with Crippen molar-refractivity contribution in [3.05, 3.63) is 58.8 Å². The minimum atomic E-state index is -0.0934. The third-order valence-electron chi connectivity index (χ3n) is 4.93. The van der Waals surface area contributed by atoms with Crippen LogP contribution in [0, 0.1) is 0 Å². The fourth-order valence-corrected chi connectivity index (χ4v) is 3.36. The topological polar surface area (TPSA) is 60.5 Å². The molecule has 0 spiro atoms. The second-order valence-corrected chi connectivity index (χ2v) is 6.78. The summed E-state index contributed by atoms with van der Waals surface area (Å²) in [6, 6.07) is 9.74. The zero-order valence-corrected chi connectivity index (χ0v) is 17.6. The summed E-state index contributed by atoms with van der Waals surface area (Å²) in [6.07, 6.45) is 4.82. The molecule has 2 aromatic carbocycles. The van der Waals surface area contributed by atoms with Gasteiger partial charge in [0.2, 0.25) is 5.75 Å². The molecule has 5 nitrogen and oxygen atoms in total. The van der Waals surface area contributed by atoms with Crippen LogP contribution in [0.5, 0.6) is 17.2 Å². The number of ether oxygens (including phenoxy) is 3. The molecule has 0 amide bonds. The number of ketones is 1. The molecule has 0 aliphatic rings. The van der Waals surface area contributed by atoms with Crippen LogP contribution in [0.4, 0.5) is 0 Å². The van der Waals surface area contributed by atoms with Crippen LogP contribution < -0.4 is 14.2 Å². The quantitative estimate of drug-likeness (QED) is 0.409. The average molecular weight is 393 g/mol. The Hall–Kier alpha value is -3.21. The van der Waals surface area contributed by atoms with Gasteiger partial charge in [0.05, 0.1) is 20.8 Å². The summed E-state index contributed by atoms with van der Waals surface area (Å²) < 4.78 is 16.4. The smallest absolute Gasteiger partial charge is 0.203 e. The number of hydrogen-bond donors (Lipinski definition) is 1. The highest BCUT2D eigenvalue weighted by molar-refractivity contribution is 6.12. The van der Waals surface area contributed by atoms with Crippen LogP contribution in [-0.4, -0.2) is 31.6 Å². The van der Waals surface area contributed by atoms with E-state index in [1.165, 1.54) is 5.56 Å². The zero-order valence-electron chi connectivity index (χ0n) is 17.6. The lowest BCUT2D eigenvalue weighted by Crippen LogP contribution is -2.05. The summed E-state index contributed by atoms with van der Waals surface area (Å²) in [7, 11) is 3.09. The number of rotatable bonds is 8. The highest BCUT2D eigenvalue weighted by Crippen LogP contribution is 2.39. The van der Waals surface area contributed by atoms with Crippen LogP contribution in [0.2, 0.25) is 0 Å². The van der Waals surface area contributed by atoms with Crippen molar-refractivity contribution in [2.75, 3.05) is 20.8 Å². The van der Waals surface area contributed by atoms with Gasteiger partial charge >= 0.3 is 0 Å². The minimum absolute atomic E-state index is 0.0934. The van der Waals surface area contributed by atoms with E-state index in [2.05, 4.69) is 30.1 Å². The van der Waals surface area contributed by atoms with E-state index in [9.17, 15) is 4.79 Å². The van der Waals surface area contributed by atoms with E-state index >= 15 is 0 Å². The van der Waals surface area contributed by atoms with E-state index in [1.54, 1.807) is 26.4 Å². The maximum absolute atomic E-state index is 13.1. The maximum Gasteiger partial charge on any atom is 0.203 e. The average Bonchev–Trinajstić information content (AvgIpc) is 3.15. The van der Waals surface area contributed by atoms with Crippen molar-refractivity contribution in [3.63, 3.8) is 0 Å². The van der Waals surface area contributed by atoms with Gasteiger partial charge in [0.25, 0.3) is 0 Å². The van der Waals surface area contributed by atoms with E-state index < -0.39 is 0 Å². The Bertz CT molecular complexity index is 1040. The minimum Gasteiger partial charge on any atom is -0.493 e. The Balaban J connectivity index is 1.98. The van der Waals surface area contributed by atoms with Gasteiger partial charge in [0.15, 0.2) is 17.3 Å². The first kappa shape index (κ1) is 20.5. The molecule has 152 valence electrons. The van der Waals surface area contributed by atoms with Crippen molar-refractivity contribution >= 4 is 22.8 Å². The monoisotopic (exact) mass is 393 g/mol. The first-order valence-corrected chi connectivity index (χ1v) is 9.74. The molecule has 0 unspecified atom stereocenters. The van der Waals surface area contributed by atoms with Gasteiger partial charge in [-0.1, -0.05) is 19.1 Å². The lowest BCUT2D eigenvalue weighted by atomic mass is 10.0. The molecular formula is C24H27NO4. The van der Waals surface area contributed by atoms with Crippen LogP contribution in [0.25, 0.3) is 17.0 Å². The van der Waals surface area contributed by atoms with Crippen molar-refractivity contribution in [1.29, 1.82) is 0 Å². The van der Waals surface area contributed by atoms with Crippen molar-refractivity contribution in [2.45, 2.75) is 27.2 Å². The number of methoxy groups -OCH3 is 2. The molecular weight excluding hydrogens is 366 g/mol. The molecule has 0 bridgehead atoms. The fourth-order valence-electron chi connectivity index (χ4n) is 3.36. The number of carbonyl (C=O) groups excluding carboxylic acids is 1. The SMILES string of the molecule is CCOc1c(OC)cc(C(=O)/C(C)=C/c2c[nH]c3cc(CC)ccc23)cc1OC. The summed E-state index contributed by atoms with van der Waals surface area (Å²) in [6.45, 7) is 6.30. The second-order valence-electron chi connectivity index (χ2n) is 6.78. The molecule has 0 aliphatic heterocycles. The predicted molar refractivity (Wildman–Crippen MR) is 116 cm³/mol. The zero-order chi connectivity index (χ0) is 21.0. The van der Waals surface area contributed by atoms with Crippen LogP contribution in [-0.2, 0) is 6.42 Å². The summed E-state index contributed by atoms with van der Waals surface area (Å²) in [5.41, 5.74) is 4.44. The van der Waals surface area contributed by atoms with Gasteiger partial charge in [0.1, 0.15) is 0 Å². The lowest BCUT2D eigenvalue weighted by molar-refractivity contribution is 0.103. The van der Waals surface area contributed by atoms with Crippen LogP contribution in [0.3, 0.4) is 0 Å². The van der Waals surface area contributed by atoms with E-state index in [-0.39, 0.29) is 5.78 Å². The Morgan fingerprint density at radius 2 is 1.76 bits per heavy atom.